The summed E-state index contributed by atoms with van der Waals surface area (Å²) in [4.78, 5) is 43.5. The van der Waals surface area contributed by atoms with Crippen molar-refractivity contribution in [2.45, 2.75) is 63.8 Å². The molecule has 2 N–H and O–H groups in total. The fourth-order valence-electron chi connectivity index (χ4n) is 7.51. The molecular weight excluding hydrogens is 578 g/mol. The summed E-state index contributed by atoms with van der Waals surface area (Å²) < 4.78 is 12.2. The van der Waals surface area contributed by atoms with E-state index in [0.717, 1.165) is 17.4 Å². The number of benzene rings is 1. The minimum atomic E-state index is -0.816. The molecule has 4 saturated carbocycles. The Bertz CT molecular complexity index is 1410. The molecule has 9 nitrogen and oxygen atoms in total. The number of nitrogens with zero attached hydrogens (tertiary/aromatic N) is 1. The van der Waals surface area contributed by atoms with Crippen LogP contribution in [0.2, 0.25) is 0 Å². The van der Waals surface area contributed by atoms with Crippen LogP contribution < -0.4 is 4.74 Å². The summed E-state index contributed by atoms with van der Waals surface area (Å²) in [5.41, 5.74) is 1.54. The van der Waals surface area contributed by atoms with E-state index in [1.54, 1.807) is 18.2 Å². The number of phenolic OH excluding ortho intramolecular Hbond substituents is 1. The number of hydrogen-bond donors (Lipinski definition) is 2. The van der Waals surface area contributed by atoms with Gasteiger partial charge in [-0.1, -0.05) is 24.0 Å². The number of ether oxygens (including phenoxy) is 1. The lowest BCUT2D eigenvalue weighted by molar-refractivity contribution is -0.191. The van der Waals surface area contributed by atoms with E-state index in [2.05, 4.69) is 0 Å². The summed E-state index contributed by atoms with van der Waals surface area (Å²) in [5, 5.41) is 19.2. The number of amides is 1. The van der Waals surface area contributed by atoms with Gasteiger partial charge in [-0.15, -0.1) is 0 Å². The van der Waals surface area contributed by atoms with Crippen molar-refractivity contribution in [3.63, 3.8) is 0 Å². The largest absolute Gasteiger partial charge is 0.508 e. The van der Waals surface area contributed by atoms with Gasteiger partial charge in [0, 0.05) is 30.2 Å². The predicted molar refractivity (Wildman–Crippen MR) is 158 cm³/mol. The molecule has 0 radical (unpaired) electrons. The molecule has 1 saturated heterocycles. The number of unbranched alkanes of at least 4 members (excludes halogenated alkanes) is 1. The van der Waals surface area contributed by atoms with Gasteiger partial charge in [0.05, 0.1) is 12.0 Å². The maximum absolute atomic E-state index is 13.8. The van der Waals surface area contributed by atoms with Gasteiger partial charge in [0.1, 0.15) is 27.3 Å². The molecule has 222 valence electrons. The maximum atomic E-state index is 13.8. The van der Waals surface area contributed by atoms with E-state index in [1.165, 1.54) is 57.0 Å². The van der Waals surface area contributed by atoms with Crippen LogP contribution in [0.4, 0.5) is 0 Å². The number of thioether (sulfide) groups is 1. The Morgan fingerprint density at radius 3 is 2.40 bits per heavy atom. The van der Waals surface area contributed by atoms with Crippen LogP contribution in [-0.2, 0) is 25.6 Å². The quantitative estimate of drug-likeness (QED) is 0.200. The number of carbonyl (C=O) groups excluding carboxylic acids is 3. The van der Waals surface area contributed by atoms with Crippen LogP contribution in [0.5, 0.6) is 11.5 Å². The first-order chi connectivity index (χ1) is 20.2. The lowest BCUT2D eigenvalue weighted by atomic mass is 9.54. The Morgan fingerprint density at radius 2 is 1.79 bits per heavy atom. The van der Waals surface area contributed by atoms with Crippen molar-refractivity contribution in [2.24, 2.45) is 23.7 Å². The molecule has 4 aliphatic carbocycles. The standard InChI is InChI=1S/C30H33NO6S2.CO2/c1-36-23-12-19(11-22(32)14-23)24-13-18(4-2-3-5-27(33)34)25(37-24)15-26-29(35)31(30(38)39-26)28-20-7-16-6-17(9-20)10-21(28)8-16;2-1-3/h11-17,20-21,28,32H,2-10H2,1H3,(H,33,34);/b26-15-;. The second-order valence-corrected chi connectivity index (χ2v) is 13.3. The van der Waals surface area contributed by atoms with E-state index in [0.29, 0.717) is 63.2 Å². The highest BCUT2D eigenvalue weighted by Gasteiger charge is 2.53. The molecule has 0 unspecified atom stereocenters. The molecule has 1 aromatic carbocycles. The highest BCUT2D eigenvalue weighted by molar-refractivity contribution is 8.26. The second kappa shape index (κ2) is 12.9. The van der Waals surface area contributed by atoms with Gasteiger partial charge in [-0.05, 0) is 98.8 Å². The Morgan fingerprint density at radius 1 is 1.12 bits per heavy atom. The number of thiocarbonyl (C=S) groups is 1. The first kappa shape index (κ1) is 30.1. The van der Waals surface area contributed by atoms with E-state index in [-0.39, 0.29) is 30.3 Å². The van der Waals surface area contributed by atoms with Crippen LogP contribution >= 0.6 is 24.0 Å². The van der Waals surface area contributed by atoms with Crippen LogP contribution in [0.1, 0.15) is 62.7 Å². The fraction of sp³-hybridized carbons (Fsp3) is 0.484. The number of phenols is 1. The third kappa shape index (κ3) is 6.33. The van der Waals surface area contributed by atoms with E-state index in [4.69, 9.17) is 36.1 Å². The first-order valence-corrected chi connectivity index (χ1v) is 15.4. The Hall–Kier alpha value is -3.40. The number of carboxylic acids is 1. The van der Waals surface area contributed by atoms with Crippen LogP contribution in [0.25, 0.3) is 17.4 Å². The summed E-state index contributed by atoms with van der Waals surface area (Å²) in [6.07, 6.45) is 10.2. The Labute approximate surface area is 253 Å². The number of carboxylic acid groups (broad SMARTS) is 1. The number of methoxy groups -OCH3 is 1. The SMILES string of the molecule is COc1cc(O)cc(-c2cc(CCCCC(=O)O)c(/C=C3\SC(=S)N(C4C5CC6CC(C5)CC4C6)C3=O)o2)c1.O=C=O. The van der Waals surface area contributed by atoms with Gasteiger partial charge in [-0.3, -0.25) is 14.5 Å². The fourth-order valence-corrected chi connectivity index (χ4v) is 8.83. The molecule has 2 aromatic rings. The van der Waals surface area contributed by atoms with Gasteiger partial charge in [-0.25, -0.2) is 0 Å². The number of aliphatic carboxylic acids is 1. The van der Waals surface area contributed by atoms with E-state index < -0.39 is 5.97 Å². The van der Waals surface area contributed by atoms with Crippen molar-refractivity contribution in [1.29, 1.82) is 0 Å². The lowest BCUT2D eigenvalue weighted by Gasteiger charge is -2.56. The highest BCUT2D eigenvalue weighted by atomic mass is 32.2. The molecule has 1 amide bonds. The number of hydrogen-bond acceptors (Lipinski definition) is 9. The van der Waals surface area contributed by atoms with Crippen molar-refractivity contribution in [3.8, 4) is 22.8 Å². The van der Waals surface area contributed by atoms with E-state index in [1.807, 2.05) is 11.0 Å². The van der Waals surface area contributed by atoms with Crippen LogP contribution in [0.15, 0.2) is 33.6 Å². The Kier molecular flexibility index (Phi) is 9.20. The van der Waals surface area contributed by atoms with E-state index >= 15 is 0 Å². The molecule has 7 rings (SSSR count). The van der Waals surface area contributed by atoms with Gasteiger partial charge < -0.3 is 19.4 Å². The molecule has 2 heterocycles. The average molecular weight is 612 g/mol. The molecule has 42 heavy (non-hydrogen) atoms. The minimum Gasteiger partial charge on any atom is -0.508 e. The first-order valence-electron chi connectivity index (χ1n) is 14.2. The summed E-state index contributed by atoms with van der Waals surface area (Å²) in [5.74, 6) is 3.54. The normalized spacial score (nSPS) is 26.7. The number of furan rings is 1. The van der Waals surface area contributed by atoms with Crippen LogP contribution in [-0.4, -0.2) is 50.6 Å². The molecule has 1 aliphatic heterocycles. The van der Waals surface area contributed by atoms with Gasteiger partial charge in [0.15, 0.2) is 0 Å². The van der Waals surface area contributed by atoms with Crippen molar-refractivity contribution in [1.82, 2.24) is 4.90 Å². The molecule has 5 fully saturated rings. The number of rotatable bonds is 9. The monoisotopic (exact) mass is 611 g/mol. The molecular formula is C31H33NO8S2. The molecule has 5 aliphatic rings. The zero-order valence-corrected chi connectivity index (χ0v) is 24.9. The van der Waals surface area contributed by atoms with Crippen LogP contribution in [0.3, 0.4) is 0 Å². The van der Waals surface area contributed by atoms with Gasteiger partial charge in [-0.2, -0.15) is 9.59 Å². The third-order valence-corrected chi connectivity index (χ3v) is 10.2. The van der Waals surface area contributed by atoms with Crippen molar-refractivity contribution in [3.05, 3.63) is 40.5 Å². The molecule has 11 heteroatoms. The zero-order valence-electron chi connectivity index (χ0n) is 23.2. The highest BCUT2D eigenvalue weighted by Crippen LogP contribution is 2.56. The smallest absolute Gasteiger partial charge is 0.373 e. The predicted octanol–water partition coefficient (Wildman–Crippen LogP) is 5.90. The second-order valence-electron chi connectivity index (χ2n) is 11.6. The van der Waals surface area contributed by atoms with E-state index in [9.17, 15) is 14.7 Å². The molecule has 4 bridgehead atoms. The summed E-state index contributed by atoms with van der Waals surface area (Å²) in [6.45, 7) is 0. The van der Waals surface area contributed by atoms with Gasteiger partial charge in [0.2, 0.25) is 0 Å². The molecule has 0 spiro atoms. The zero-order chi connectivity index (χ0) is 30.0. The number of carbonyl (C=O) groups is 2. The van der Waals surface area contributed by atoms with Gasteiger partial charge >= 0.3 is 12.1 Å². The third-order valence-electron chi connectivity index (χ3n) is 8.90. The van der Waals surface area contributed by atoms with Crippen molar-refractivity contribution in [2.75, 3.05) is 7.11 Å². The molecule has 1 aromatic heterocycles. The number of aryl methyl sites for hydroxylation is 1. The van der Waals surface area contributed by atoms with Crippen LogP contribution in [0, 0.1) is 23.7 Å². The number of aromatic hydroxyl groups is 1. The van der Waals surface area contributed by atoms with Gasteiger partial charge in [0.25, 0.3) is 5.91 Å². The summed E-state index contributed by atoms with van der Waals surface area (Å²) in [6, 6.07) is 7.02. The van der Waals surface area contributed by atoms with Crippen molar-refractivity contribution >= 4 is 52.4 Å². The lowest BCUT2D eigenvalue weighted by Crippen LogP contribution is -2.57. The van der Waals surface area contributed by atoms with Crippen molar-refractivity contribution < 1.29 is 38.5 Å². The minimum absolute atomic E-state index is 0.0312. The Balaban J connectivity index is 0.00000113. The topological polar surface area (TPSA) is 134 Å². The average Bonchev–Trinajstić information content (AvgIpc) is 3.46. The summed E-state index contributed by atoms with van der Waals surface area (Å²) >= 11 is 7.12. The molecule has 0 atom stereocenters. The maximum Gasteiger partial charge on any atom is 0.373 e. The summed E-state index contributed by atoms with van der Waals surface area (Å²) in [7, 11) is 1.53.